The molecule has 4 aromatic rings. The number of hydrogen-bond donors (Lipinski definition) is 0. The van der Waals surface area contributed by atoms with Gasteiger partial charge >= 0.3 is 17.5 Å². The van der Waals surface area contributed by atoms with Crippen molar-refractivity contribution in [1.29, 1.82) is 0 Å². The van der Waals surface area contributed by atoms with Crippen LogP contribution in [-0.4, -0.2) is 44.2 Å². The Hall–Kier alpha value is -4.58. The molecule has 37 heavy (non-hydrogen) atoms. The lowest BCUT2D eigenvalue weighted by molar-refractivity contribution is -0.385. The molecule has 0 aliphatic carbocycles. The van der Waals surface area contributed by atoms with Crippen molar-refractivity contribution in [2.75, 3.05) is 18.1 Å². The summed E-state index contributed by atoms with van der Waals surface area (Å²) < 4.78 is 16.3. The summed E-state index contributed by atoms with van der Waals surface area (Å²) in [6.07, 6.45) is 2.58. The number of anilines is 1. The number of carbonyl (C=O) groups is 1. The summed E-state index contributed by atoms with van der Waals surface area (Å²) in [6.45, 7) is 2.08. The van der Waals surface area contributed by atoms with E-state index in [1.807, 2.05) is 6.07 Å². The van der Waals surface area contributed by atoms with Crippen molar-refractivity contribution in [2.45, 2.75) is 19.9 Å². The largest absolute Gasteiger partial charge is 0.467 e. The van der Waals surface area contributed by atoms with E-state index in [1.165, 1.54) is 17.2 Å². The Labute approximate surface area is 216 Å². The standard InChI is InChI=1S/C24H21ClN6O6/c1-2-35-20(32)10-11-30(14-17-9-6-12-36-17)23-22(31(33)34)24(27-15-26-23)37-18-13-19(25)28-29-21(18)16-7-4-3-5-8-16/h3-9,12-13,15H,2,10-11,14H2,1H3. The second kappa shape index (κ2) is 11.9. The molecule has 0 aliphatic heterocycles. The second-order valence-corrected chi connectivity index (χ2v) is 7.90. The molecule has 12 nitrogen and oxygen atoms in total. The van der Waals surface area contributed by atoms with E-state index in [1.54, 1.807) is 43.3 Å². The second-order valence-electron chi connectivity index (χ2n) is 7.51. The van der Waals surface area contributed by atoms with Crippen molar-refractivity contribution in [3.63, 3.8) is 0 Å². The van der Waals surface area contributed by atoms with Gasteiger partial charge in [0.05, 0.1) is 30.8 Å². The number of nitro groups is 1. The average molecular weight is 525 g/mol. The third-order valence-electron chi connectivity index (χ3n) is 5.05. The molecular weight excluding hydrogens is 504 g/mol. The zero-order valence-corrected chi connectivity index (χ0v) is 20.4. The minimum atomic E-state index is -0.650. The summed E-state index contributed by atoms with van der Waals surface area (Å²) in [5.41, 5.74) is 0.464. The van der Waals surface area contributed by atoms with Crippen LogP contribution in [0.15, 0.2) is 65.5 Å². The van der Waals surface area contributed by atoms with Crippen LogP contribution in [0.3, 0.4) is 0 Å². The molecule has 0 saturated heterocycles. The fourth-order valence-corrected chi connectivity index (χ4v) is 3.60. The van der Waals surface area contributed by atoms with E-state index in [-0.39, 0.29) is 48.7 Å². The number of esters is 1. The van der Waals surface area contributed by atoms with Crippen LogP contribution in [0.1, 0.15) is 19.1 Å². The van der Waals surface area contributed by atoms with Crippen LogP contribution in [0.5, 0.6) is 11.6 Å². The van der Waals surface area contributed by atoms with Gasteiger partial charge in [0.15, 0.2) is 10.9 Å². The summed E-state index contributed by atoms with van der Waals surface area (Å²) in [5, 5.41) is 20.2. The van der Waals surface area contributed by atoms with Gasteiger partial charge in [0.2, 0.25) is 5.82 Å². The van der Waals surface area contributed by atoms with Crippen LogP contribution >= 0.6 is 11.6 Å². The van der Waals surface area contributed by atoms with Gasteiger partial charge in [-0.2, -0.15) is 4.98 Å². The van der Waals surface area contributed by atoms with Crippen LogP contribution in [0.4, 0.5) is 11.5 Å². The molecule has 0 spiro atoms. The normalized spacial score (nSPS) is 10.6. The van der Waals surface area contributed by atoms with Gasteiger partial charge in [0.25, 0.3) is 0 Å². The fraction of sp³-hybridized carbons (Fsp3) is 0.208. The fourth-order valence-electron chi connectivity index (χ4n) is 3.46. The lowest BCUT2D eigenvalue weighted by Gasteiger charge is -2.22. The molecule has 0 saturated carbocycles. The molecule has 0 unspecified atom stereocenters. The molecule has 190 valence electrons. The topological polar surface area (TPSA) is 147 Å². The number of hydrogen-bond acceptors (Lipinski definition) is 11. The van der Waals surface area contributed by atoms with E-state index >= 15 is 0 Å². The number of rotatable bonds is 11. The molecule has 4 rings (SSSR count). The lowest BCUT2D eigenvalue weighted by atomic mass is 10.1. The minimum Gasteiger partial charge on any atom is -0.467 e. The highest BCUT2D eigenvalue weighted by Crippen LogP contribution is 2.39. The zero-order chi connectivity index (χ0) is 26.2. The maximum Gasteiger partial charge on any atom is 0.373 e. The third kappa shape index (κ3) is 6.35. The summed E-state index contributed by atoms with van der Waals surface area (Å²) in [6, 6.07) is 13.8. The Morgan fingerprint density at radius 1 is 1.16 bits per heavy atom. The van der Waals surface area contributed by atoms with Gasteiger partial charge < -0.3 is 18.8 Å². The van der Waals surface area contributed by atoms with Crippen molar-refractivity contribution >= 4 is 29.1 Å². The molecule has 0 fully saturated rings. The molecule has 0 atom stereocenters. The van der Waals surface area contributed by atoms with Gasteiger partial charge in [0.1, 0.15) is 17.8 Å². The Kier molecular flexibility index (Phi) is 8.21. The number of furan rings is 1. The van der Waals surface area contributed by atoms with E-state index in [2.05, 4.69) is 20.2 Å². The van der Waals surface area contributed by atoms with Crippen LogP contribution < -0.4 is 9.64 Å². The number of halogens is 1. The molecule has 0 radical (unpaired) electrons. The first-order valence-electron chi connectivity index (χ1n) is 11.1. The maximum absolute atomic E-state index is 12.3. The van der Waals surface area contributed by atoms with Crippen molar-refractivity contribution in [3.05, 3.63) is 82.1 Å². The monoisotopic (exact) mass is 524 g/mol. The van der Waals surface area contributed by atoms with Gasteiger partial charge in [0, 0.05) is 18.2 Å². The zero-order valence-electron chi connectivity index (χ0n) is 19.6. The maximum atomic E-state index is 12.3. The van der Waals surface area contributed by atoms with Gasteiger partial charge in [-0.1, -0.05) is 41.9 Å². The van der Waals surface area contributed by atoms with Gasteiger partial charge in [-0.05, 0) is 19.1 Å². The Bertz CT molecular complexity index is 1370. The molecule has 13 heteroatoms. The van der Waals surface area contributed by atoms with Gasteiger partial charge in [-0.25, -0.2) is 4.98 Å². The van der Waals surface area contributed by atoms with E-state index in [4.69, 9.17) is 25.5 Å². The molecule has 3 heterocycles. The number of nitrogens with zero attached hydrogens (tertiary/aromatic N) is 6. The molecule has 0 aliphatic rings. The number of ether oxygens (including phenoxy) is 2. The number of carbonyl (C=O) groups excluding carboxylic acids is 1. The van der Waals surface area contributed by atoms with Crippen molar-refractivity contribution in [3.8, 4) is 22.9 Å². The van der Waals surface area contributed by atoms with E-state index < -0.39 is 16.6 Å². The van der Waals surface area contributed by atoms with E-state index in [0.29, 0.717) is 17.0 Å². The Balaban J connectivity index is 1.74. The Morgan fingerprint density at radius 3 is 2.68 bits per heavy atom. The number of benzene rings is 1. The van der Waals surface area contributed by atoms with Crippen molar-refractivity contribution < 1.29 is 23.6 Å². The minimum absolute atomic E-state index is 0.0282. The smallest absolute Gasteiger partial charge is 0.373 e. The summed E-state index contributed by atoms with van der Waals surface area (Å²) in [5.74, 6) is -0.231. The SMILES string of the molecule is CCOC(=O)CCN(Cc1ccco1)c1ncnc(Oc2cc(Cl)nnc2-c2ccccc2)c1[N+](=O)[O-]. The van der Waals surface area contributed by atoms with Gasteiger partial charge in [-0.3, -0.25) is 14.9 Å². The summed E-state index contributed by atoms with van der Waals surface area (Å²) in [4.78, 5) is 33.3. The molecule has 0 bridgehead atoms. The molecule has 0 N–H and O–H groups in total. The highest BCUT2D eigenvalue weighted by molar-refractivity contribution is 6.29. The molecule has 3 aromatic heterocycles. The predicted octanol–water partition coefficient (Wildman–Crippen LogP) is 4.84. The Morgan fingerprint density at radius 2 is 1.97 bits per heavy atom. The highest BCUT2D eigenvalue weighted by Gasteiger charge is 2.30. The van der Waals surface area contributed by atoms with Crippen LogP contribution in [0.2, 0.25) is 5.15 Å². The van der Waals surface area contributed by atoms with Crippen LogP contribution in [0.25, 0.3) is 11.3 Å². The molecule has 0 amide bonds. The van der Waals surface area contributed by atoms with E-state index in [9.17, 15) is 14.9 Å². The van der Waals surface area contributed by atoms with Gasteiger partial charge in [-0.15, -0.1) is 10.2 Å². The molecule has 1 aromatic carbocycles. The third-order valence-corrected chi connectivity index (χ3v) is 5.24. The quantitative estimate of drug-likeness (QED) is 0.151. The lowest BCUT2D eigenvalue weighted by Crippen LogP contribution is -2.28. The molecular formula is C24H21ClN6O6. The first kappa shape index (κ1) is 25.5. The average Bonchev–Trinajstić information content (AvgIpc) is 3.40. The van der Waals surface area contributed by atoms with Crippen LogP contribution in [-0.2, 0) is 16.1 Å². The number of aromatic nitrogens is 4. The first-order chi connectivity index (χ1) is 18.0. The first-order valence-corrected chi connectivity index (χ1v) is 11.5. The van der Waals surface area contributed by atoms with Crippen molar-refractivity contribution in [1.82, 2.24) is 20.2 Å². The summed E-state index contributed by atoms with van der Waals surface area (Å²) >= 11 is 6.05. The van der Waals surface area contributed by atoms with Crippen LogP contribution in [0, 0.1) is 10.1 Å². The van der Waals surface area contributed by atoms with Crippen molar-refractivity contribution in [2.24, 2.45) is 0 Å². The summed E-state index contributed by atoms with van der Waals surface area (Å²) in [7, 11) is 0. The van der Waals surface area contributed by atoms with E-state index in [0.717, 1.165) is 6.33 Å². The predicted molar refractivity (Wildman–Crippen MR) is 132 cm³/mol. The highest BCUT2D eigenvalue weighted by atomic mass is 35.5.